The van der Waals surface area contributed by atoms with Crippen molar-refractivity contribution in [1.82, 2.24) is 0 Å². The highest BCUT2D eigenvalue weighted by Gasteiger charge is 2.41. The van der Waals surface area contributed by atoms with E-state index in [2.05, 4.69) is 6.92 Å². The number of benzene rings is 1. The Bertz CT molecular complexity index is 470. The summed E-state index contributed by atoms with van der Waals surface area (Å²) in [6, 6.07) is 5.26. The third-order valence-corrected chi connectivity index (χ3v) is 5.62. The molecule has 0 radical (unpaired) electrons. The maximum Gasteiger partial charge on any atom is 0.0873 e. The Labute approximate surface area is 137 Å². The summed E-state index contributed by atoms with van der Waals surface area (Å²) in [5, 5.41) is 12.1. The number of aliphatic hydroxyl groups excluding tert-OH is 1. The lowest BCUT2D eigenvalue weighted by molar-refractivity contribution is -0.0107. The second-order valence-electron chi connectivity index (χ2n) is 6.37. The summed E-state index contributed by atoms with van der Waals surface area (Å²) in [6.45, 7) is 2.71. The van der Waals surface area contributed by atoms with E-state index in [0.29, 0.717) is 22.2 Å². The standard InChI is InChI=1S/C17H25Cl2NO/c1-2-3-12-6-8-17(11-20,9-7-12)16(21)14-10-13(18)4-5-15(14)19/h4-5,10,12,16,21H,2-3,6-9,11,20H2,1H3. The van der Waals surface area contributed by atoms with Gasteiger partial charge in [0.2, 0.25) is 0 Å². The van der Waals surface area contributed by atoms with Gasteiger partial charge in [-0.25, -0.2) is 0 Å². The molecule has 0 aromatic heterocycles. The number of halogens is 2. The highest BCUT2D eigenvalue weighted by Crippen LogP contribution is 2.49. The monoisotopic (exact) mass is 329 g/mol. The highest BCUT2D eigenvalue weighted by molar-refractivity contribution is 6.33. The van der Waals surface area contributed by atoms with Gasteiger partial charge < -0.3 is 10.8 Å². The number of hydrogen-bond acceptors (Lipinski definition) is 2. The molecule has 4 heteroatoms. The fraction of sp³-hybridized carbons (Fsp3) is 0.647. The van der Waals surface area contributed by atoms with E-state index in [9.17, 15) is 5.11 Å². The van der Waals surface area contributed by atoms with Gasteiger partial charge in [-0.15, -0.1) is 0 Å². The molecule has 0 aliphatic heterocycles. The van der Waals surface area contributed by atoms with Crippen LogP contribution in [0.4, 0.5) is 0 Å². The molecule has 1 aliphatic rings. The number of nitrogens with two attached hydrogens (primary N) is 1. The van der Waals surface area contributed by atoms with E-state index in [1.54, 1.807) is 18.2 Å². The molecule has 1 atom stereocenters. The molecule has 0 amide bonds. The zero-order valence-electron chi connectivity index (χ0n) is 12.6. The third kappa shape index (κ3) is 3.73. The van der Waals surface area contributed by atoms with Crippen LogP contribution < -0.4 is 5.73 Å². The molecule has 0 spiro atoms. The molecule has 3 N–H and O–H groups in total. The molecular weight excluding hydrogens is 305 g/mol. The van der Waals surface area contributed by atoms with Crippen LogP contribution >= 0.6 is 23.2 Å². The van der Waals surface area contributed by atoms with Crippen molar-refractivity contribution >= 4 is 23.2 Å². The van der Waals surface area contributed by atoms with Crippen molar-refractivity contribution in [2.75, 3.05) is 6.54 Å². The second-order valence-corrected chi connectivity index (χ2v) is 7.21. The molecular formula is C17H25Cl2NO. The molecule has 1 aromatic rings. The molecule has 0 bridgehead atoms. The van der Waals surface area contributed by atoms with Crippen LogP contribution in [0.1, 0.15) is 57.1 Å². The number of rotatable bonds is 5. The summed E-state index contributed by atoms with van der Waals surface area (Å²) >= 11 is 12.3. The number of aliphatic hydroxyl groups is 1. The molecule has 1 fully saturated rings. The second kappa shape index (κ2) is 7.32. The summed E-state index contributed by atoms with van der Waals surface area (Å²) < 4.78 is 0. The molecule has 1 unspecified atom stereocenters. The van der Waals surface area contributed by atoms with E-state index in [0.717, 1.165) is 31.6 Å². The van der Waals surface area contributed by atoms with Crippen LogP contribution in [0.3, 0.4) is 0 Å². The average Bonchev–Trinajstić information content (AvgIpc) is 2.50. The van der Waals surface area contributed by atoms with Crippen molar-refractivity contribution in [3.05, 3.63) is 33.8 Å². The van der Waals surface area contributed by atoms with E-state index in [4.69, 9.17) is 28.9 Å². The van der Waals surface area contributed by atoms with Crippen LogP contribution in [0, 0.1) is 11.3 Å². The van der Waals surface area contributed by atoms with E-state index < -0.39 is 6.10 Å². The van der Waals surface area contributed by atoms with Crippen LogP contribution in [0.25, 0.3) is 0 Å². The van der Waals surface area contributed by atoms with E-state index >= 15 is 0 Å². The molecule has 1 saturated carbocycles. The van der Waals surface area contributed by atoms with Gasteiger partial charge in [-0.3, -0.25) is 0 Å². The van der Waals surface area contributed by atoms with E-state index in [1.165, 1.54) is 12.8 Å². The predicted octanol–water partition coefficient (Wildman–Crippen LogP) is 4.96. The van der Waals surface area contributed by atoms with Crippen molar-refractivity contribution < 1.29 is 5.11 Å². The van der Waals surface area contributed by atoms with E-state index in [-0.39, 0.29) is 5.41 Å². The Kier molecular flexibility index (Phi) is 5.96. The molecule has 0 heterocycles. The zero-order chi connectivity index (χ0) is 15.5. The normalized spacial score (nSPS) is 27.6. The van der Waals surface area contributed by atoms with Crippen molar-refractivity contribution in [3.8, 4) is 0 Å². The highest BCUT2D eigenvalue weighted by atomic mass is 35.5. The van der Waals surface area contributed by atoms with Crippen LogP contribution in [0.15, 0.2) is 18.2 Å². The molecule has 118 valence electrons. The predicted molar refractivity (Wildman–Crippen MR) is 89.8 cm³/mol. The van der Waals surface area contributed by atoms with Crippen LogP contribution in [-0.2, 0) is 0 Å². The van der Waals surface area contributed by atoms with Gasteiger partial charge in [-0.2, -0.15) is 0 Å². The minimum Gasteiger partial charge on any atom is -0.388 e. The van der Waals surface area contributed by atoms with Crippen molar-refractivity contribution in [3.63, 3.8) is 0 Å². The molecule has 0 saturated heterocycles. The van der Waals surface area contributed by atoms with Crippen molar-refractivity contribution in [2.24, 2.45) is 17.1 Å². The van der Waals surface area contributed by atoms with Gasteiger partial charge in [0.15, 0.2) is 0 Å². The smallest absolute Gasteiger partial charge is 0.0873 e. The molecule has 1 aliphatic carbocycles. The van der Waals surface area contributed by atoms with Crippen LogP contribution in [-0.4, -0.2) is 11.7 Å². The maximum absolute atomic E-state index is 10.9. The molecule has 2 nitrogen and oxygen atoms in total. The first-order valence-electron chi connectivity index (χ1n) is 7.85. The van der Waals surface area contributed by atoms with Gasteiger partial charge in [-0.1, -0.05) is 43.0 Å². The first kappa shape index (κ1) is 17.1. The SMILES string of the molecule is CCCC1CCC(CN)(C(O)c2cc(Cl)ccc2Cl)CC1. The minimum absolute atomic E-state index is 0.265. The van der Waals surface area contributed by atoms with Gasteiger partial charge in [0.1, 0.15) is 0 Å². The van der Waals surface area contributed by atoms with Crippen molar-refractivity contribution in [1.29, 1.82) is 0 Å². The Hall–Kier alpha value is -0.280. The van der Waals surface area contributed by atoms with Crippen LogP contribution in [0.5, 0.6) is 0 Å². The maximum atomic E-state index is 10.9. The molecule has 21 heavy (non-hydrogen) atoms. The lowest BCUT2D eigenvalue weighted by Gasteiger charge is -2.43. The summed E-state index contributed by atoms with van der Waals surface area (Å²) in [6.07, 6.45) is 6.05. The average molecular weight is 330 g/mol. The first-order valence-corrected chi connectivity index (χ1v) is 8.61. The Morgan fingerprint density at radius 1 is 1.33 bits per heavy atom. The Morgan fingerprint density at radius 2 is 2.00 bits per heavy atom. The number of hydrogen-bond donors (Lipinski definition) is 2. The van der Waals surface area contributed by atoms with Crippen molar-refractivity contribution in [2.45, 2.75) is 51.6 Å². The zero-order valence-corrected chi connectivity index (χ0v) is 14.1. The Balaban J connectivity index is 2.19. The largest absolute Gasteiger partial charge is 0.388 e. The van der Waals surface area contributed by atoms with Gasteiger partial charge in [0, 0.05) is 27.6 Å². The Morgan fingerprint density at radius 3 is 2.57 bits per heavy atom. The first-order chi connectivity index (χ1) is 10.0. The third-order valence-electron chi connectivity index (χ3n) is 5.04. The molecule has 1 aromatic carbocycles. The fourth-order valence-corrected chi connectivity index (χ4v) is 3.99. The van der Waals surface area contributed by atoms with Gasteiger partial charge >= 0.3 is 0 Å². The quantitative estimate of drug-likeness (QED) is 0.801. The summed E-state index contributed by atoms with van der Waals surface area (Å²) in [7, 11) is 0. The van der Waals surface area contributed by atoms with E-state index in [1.807, 2.05) is 0 Å². The summed E-state index contributed by atoms with van der Waals surface area (Å²) in [4.78, 5) is 0. The summed E-state index contributed by atoms with van der Waals surface area (Å²) in [5.74, 6) is 0.775. The molecule has 2 rings (SSSR count). The van der Waals surface area contributed by atoms with Gasteiger partial charge in [-0.05, 0) is 49.8 Å². The van der Waals surface area contributed by atoms with Gasteiger partial charge in [0.25, 0.3) is 0 Å². The lowest BCUT2D eigenvalue weighted by Crippen LogP contribution is -2.40. The van der Waals surface area contributed by atoms with Crippen LogP contribution in [0.2, 0.25) is 10.0 Å². The fourth-order valence-electron chi connectivity index (χ4n) is 3.59. The lowest BCUT2D eigenvalue weighted by atomic mass is 9.65. The minimum atomic E-state index is -0.642. The topological polar surface area (TPSA) is 46.2 Å². The summed E-state index contributed by atoms with van der Waals surface area (Å²) in [5.41, 5.74) is 6.49. The van der Waals surface area contributed by atoms with Gasteiger partial charge in [0.05, 0.1) is 6.10 Å².